The van der Waals surface area contributed by atoms with Gasteiger partial charge in [0.15, 0.2) is 6.10 Å². The number of hydrogen-bond acceptors (Lipinski definition) is 5. The molecular formula is C22H20N2O5. The van der Waals surface area contributed by atoms with Crippen LogP contribution in [0.2, 0.25) is 0 Å². The molecule has 0 N–H and O–H groups in total. The summed E-state index contributed by atoms with van der Waals surface area (Å²) in [4.78, 5) is 25.0. The standard InChI is InChI=1S/C22H20N2O5/c1-2-19-22(25)23(18-14-16(24(26)27)10-11-21(18)29-19)12-13-28-20-9-5-7-15-6-3-4-8-17(15)20/h3-11,14,19H,2,12-13H2,1H3. The molecule has 0 spiro atoms. The zero-order valence-electron chi connectivity index (χ0n) is 15.9. The number of benzene rings is 3. The minimum absolute atomic E-state index is 0.0879. The molecule has 1 unspecified atom stereocenters. The van der Waals surface area contributed by atoms with Crippen LogP contribution in [0.5, 0.6) is 11.5 Å². The number of hydrogen-bond donors (Lipinski definition) is 0. The monoisotopic (exact) mass is 392 g/mol. The number of anilines is 1. The maximum atomic E-state index is 12.8. The van der Waals surface area contributed by atoms with E-state index in [4.69, 9.17) is 9.47 Å². The van der Waals surface area contributed by atoms with Gasteiger partial charge in [-0.2, -0.15) is 0 Å². The number of nitro benzene ring substituents is 1. The lowest BCUT2D eigenvalue weighted by Crippen LogP contribution is -2.47. The minimum atomic E-state index is -0.610. The number of nitrogens with zero attached hydrogens (tertiary/aromatic N) is 2. The van der Waals surface area contributed by atoms with E-state index in [9.17, 15) is 14.9 Å². The third-order valence-electron chi connectivity index (χ3n) is 4.95. The number of nitro groups is 1. The summed E-state index contributed by atoms with van der Waals surface area (Å²) in [6, 6.07) is 18.0. The van der Waals surface area contributed by atoms with Gasteiger partial charge in [-0.1, -0.05) is 43.3 Å². The van der Waals surface area contributed by atoms with Crippen molar-refractivity contribution in [3.05, 3.63) is 70.8 Å². The van der Waals surface area contributed by atoms with E-state index in [0.29, 0.717) is 17.9 Å². The Labute approximate surface area is 167 Å². The summed E-state index contributed by atoms with van der Waals surface area (Å²) in [5.74, 6) is 0.976. The van der Waals surface area contributed by atoms with Gasteiger partial charge in [0.1, 0.15) is 18.1 Å². The lowest BCUT2D eigenvalue weighted by atomic mass is 10.1. The summed E-state index contributed by atoms with van der Waals surface area (Å²) in [6.45, 7) is 2.37. The molecule has 0 saturated carbocycles. The van der Waals surface area contributed by atoms with Crippen molar-refractivity contribution in [1.29, 1.82) is 0 Å². The average Bonchev–Trinajstić information content (AvgIpc) is 2.74. The lowest BCUT2D eigenvalue weighted by Gasteiger charge is -2.33. The van der Waals surface area contributed by atoms with E-state index in [0.717, 1.165) is 16.5 Å². The molecule has 4 rings (SSSR count). The Kier molecular flexibility index (Phi) is 5.03. The van der Waals surface area contributed by atoms with E-state index in [1.165, 1.54) is 17.0 Å². The molecule has 1 aliphatic heterocycles. The number of ether oxygens (including phenoxy) is 2. The van der Waals surface area contributed by atoms with Gasteiger partial charge in [0.25, 0.3) is 11.6 Å². The molecular weight excluding hydrogens is 372 g/mol. The molecule has 1 aliphatic rings. The van der Waals surface area contributed by atoms with Crippen LogP contribution in [-0.2, 0) is 4.79 Å². The number of amides is 1. The second-order valence-electron chi connectivity index (χ2n) is 6.74. The number of non-ortho nitro benzene ring substituents is 1. The van der Waals surface area contributed by atoms with Gasteiger partial charge in [-0.25, -0.2) is 0 Å². The molecule has 0 aromatic heterocycles. The van der Waals surface area contributed by atoms with Gasteiger partial charge in [0.05, 0.1) is 17.2 Å². The second kappa shape index (κ2) is 7.79. The first-order chi connectivity index (χ1) is 14.1. The summed E-state index contributed by atoms with van der Waals surface area (Å²) in [5, 5.41) is 13.2. The van der Waals surface area contributed by atoms with Crippen LogP contribution in [0, 0.1) is 10.1 Å². The van der Waals surface area contributed by atoms with Gasteiger partial charge in [-0.15, -0.1) is 0 Å². The van der Waals surface area contributed by atoms with Crippen LogP contribution < -0.4 is 14.4 Å². The van der Waals surface area contributed by atoms with E-state index in [1.807, 2.05) is 49.4 Å². The van der Waals surface area contributed by atoms with Crippen molar-refractivity contribution in [2.75, 3.05) is 18.1 Å². The first kappa shape index (κ1) is 18.7. The molecule has 0 radical (unpaired) electrons. The van der Waals surface area contributed by atoms with Crippen molar-refractivity contribution in [3.63, 3.8) is 0 Å². The highest BCUT2D eigenvalue weighted by molar-refractivity contribution is 6.00. The quantitative estimate of drug-likeness (QED) is 0.461. The molecule has 7 heteroatoms. The summed E-state index contributed by atoms with van der Waals surface area (Å²) >= 11 is 0. The fraction of sp³-hybridized carbons (Fsp3) is 0.227. The Morgan fingerprint density at radius 3 is 2.72 bits per heavy atom. The van der Waals surface area contributed by atoms with Crippen molar-refractivity contribution in [3.8, 4) is 11.5 Å². The SMILES string of the molecule is CCC1Oc2ccc([N+](=O)[O-])cc2N(CCOc2cccc3ccccc23)C1=O. The first-order valence-electron chi connectivity index (χ1n) is 9.45. The van der Waals surface area contributed by atoms with Crippen molar-refractivity contribution in [2.24, 2.45) is 0 Å². The Morgan fingerprint density at radius 2 is 1.93 bits per heavy atom. The normalized spacial score (nSPS) is 15.7. The van der Waals surface area contributed by atoms with Crippen molar-refractivity contribution in [1.82, 2.24) is 0 Å². The molecule has 1 atom stereocenters. The molecule has 29 heavy (non-hydrogen) atoms. The predicted octanol–water partition coefficient (Wildman–Crippen LogP) is 4.33. The van der Waals surface area contributed by atoms with Crippen LogP contribution in [0.15, 0.2) is 60.7 Å². The van der Waals surface area contributed by atoms with Gasteiger partial charge in [-0.05, 0) is 23.9 Å². The molecule has 0 saturated heterocycles. The summed E-state index contributed by atoms with van der Waals surface area (Å²) in [6.07, 6.45) is -0.0998. The molecule has 0 aliphatic carbocycles. The van der Waals surface area contributed by atoms with Gasteiger partial charge < -0.3 is 14.4 Å². The van der Waals surface area contributed by atoms with E-state index in [1.54, 1.807) is 6.07 Å². The van der Waals surface area contributed by atoms with E-state index < -0.39 is 11.0 Å². The van der Waals surface area contributed by atoms with Crippen LogP contribution in [-0.4, -0.2) is 30.1 Å². The minimum Gasteiger partial charge on any atom is -0.491 e. The van der Waals surface area contributed by atoms with Crippen LogP contribution in [0.3, 0.4) is 0 Å². The predicted molar refractivity (Wildman–Crippen MR) is 110 cm³/mol. The van der Waals surface area contributed by atoms with Crippen LogP contribution in [0.1, 0.15) is 13.3 Å². The third kappa shape index (κ3) is 3.59. The molecule has 7 nitrogen and oxygen atoms in total. The smallest absolute Gasteiger partial charge is 0.271 e. The van der Waals surface area contributed by atoms with Crippen molar-refractivity contribution < 1.29 is 19.2 Å². The largest absolute Gasteiger partial charge is 0.491 e. The van der Waals surface area contributed by atoms with Gasteiger partial charge in [-0.3, -0.25) is 14.9 Å². The highest BCUT2D eigenvalue weighted by Crippen LogP contribution is 2.37. The Balaban J connectivity index is 1.58. The zero-order valence-corrected chi connectivity index (χ0v) is 15.9. The number of carbonyl (C=O) groups excluding carboxylic acids is 1. The second-order valence-corrected chi connectivity index (χ2v) is 6.74. The maximum Gasteiger partial charge on any atom is 0.271 e. The molecule has 148 valence electrons. The van der Waals surface area contributed by atoms with Crippen LogP contribution >= 0.6 is 0 Å². The molecule has 3 aromatic rings. The summed E-state index contributed by atoms with van der Waals surface area (Å²) in [5.41, 5.74) is 0.311. The first-order valence-corrected chi connectivity index (χ1v) is 9.45. The van der Waals surface area contributed by atoms with Crippen molar-refractivity contribution >= 4 is 28.1 Å². The van der Waals surface area contributed by atoms with Crippen LogP contribution in [0.25, 0.3) is 10.8 Å². The van der Waals surface area contributed by atoms with Crippen LogP contribution in [0.4, 0.5) is 11.4 Å². The maximum absolute atomic E-state index is 12.8. The number of rotatable bonds is 6. The highest BCUT2D eigenvalue weighted by atomic mass is 16.6. The Bertz CT molecular complexity index is 1080. The fourth-order valence-corrected chi connectivity index (χ4v) is 3.48. The van der Waals surface area contributed by atoms with Gasteiger partial charge in [0.2, 0.25) is 0 Å². The lowest BCUT2D eigenvalue weighted by molar-refractivity contribution is -0.384. The summed E-state index contributed by atoms with van der Waals surface area (Å²) in [7, 11) is 0. The highest BCUT2D eigenvalue weighted by Gasteiger charge is 2.34. The fourth-order valence-electron chi connectivity index (χ4n) is 3.48. The molecule has 3 aromatic carbocycles. The number of fused-ring (bicyclic) bond motifs is 2. The van der Waals surface area contributed by atoms with Crippen molar-refractivity contribution in [2.45, 2.75) is 19.4 Å². The summed E-state index contributed by atoms with van der Waals surface area (Å²) < 4.78 is 11.7. The third-order valence-corrected chi connectivity index (χ3v) is 4.95. The van der Waals surface area contributed by atoms with Gasteiger partial charge >= 0.3 is 0 Å². The molecule has 0 bridgehead atoms. The Hall–Kier alpha value is -3.61. The molecule has 1 amide bonds. The van der Waals surface area contributed by atoms with E-state index >= 15 is 0 Å². The zero-order chi connectivity index (χ0) is 20.4. The average molecular weight is 392 g/mol. The number of carbonyl (C=O) groups is 1. The molecule has 0 fully saturated rings. The van der Waals surface area contributed by atoms with E-state index in [2.05, 4.69) is 0 Å². The Morgan fingerprint density at radius 1 is 1.14 bits per heavy atom. The topological polar surface area (TPSA) is 81.9 Å². The molecule has 1 heterocycles. The van der Waals surface area contributed by atoms with E-state index in [-0.39, 0.29) is 24.7 Å². The van der Waals surface area contributed by atoms with Gasteiger partial charge in [0, 0.05) is 17.5 Å².